The zero-order valence-corrected chi connectivity index (χ0v) is 14.9. The van der Waals surface area contributed by atoms with E-state index in [0.717, 1.165) is 0 Å². The fourth-order valence-corrected chi connectivity index (χ4v) is 3.16. The van der Waals surface area contributed by atoms with Gasteiger partial charge in [0.05, 0.1) is 6.04 Å². The molecule has 2 unspecified atom stereocenters. The number of carbonyl (C=O) groups excluding carboxylic acids is 1. The van der Waals surface area contributed by atoms with E-state index in [1.165, 1.54) is 10.4 Å². The lowest BCUT2D eigenvalue weighted by Gasteiger charge is -2.24. The maximum Gasteiger partial charge on any atom is 0.260 e. The number of hydrogen-bond donors (Lipinski definition) is 1. The smallest absolute Gasteiger partial charge is 0.260 e. The van der Waals surface area contributed by atoms with Gasteiger partial charge in [0.15, 0.2) is 6.10 Å². The summed E-state index contributed by atoms with van der Waals surface area (Å²) in [5, 5.41) is 5.04. The van der Waals surface area contributed by atoms with Crippen molar-refractivity contribution in [2.45, 2.75) is 26.0 Å². The van der Waals surface area contributed by atoms with Gasteiger partial charge in [-0.3, -0.25) is 4.79 Å². The largest absolute Gasteiger partial charge is 0.481 e. The number of thiophene rings is 1. The van der Waals surface area contributed by atoms with Gasteiger partial charge < -0.3 is 15.0 Å². The first-order valence-corrected chi connectivity index (χ1v) is 8.56. The van der Waals surface area contributed by atoms with Crippen molar-refractivity contribution >= 4 is 17.2 Å². The summed E-state index contributed by atoms with van der Waals surface area (Å²) in [5.74, 6) is 0.606. The summed E-state index contributed by atoms with van der Waals surface area (Å²) in [5.41, 5.74) is 1.17. The van der Waals surface area contributed by atoms with Gasteiger partial charge in [0.2, 0.25) is 0 Å². The van der Waals surface area contributed by atoms with E-state index in [1.54, 1.807) is 18.3 Å². The van der Waals surface area contributed by atoms with Crippen LogP contribution in [0.3, 0.4) is 0 Å². The predicted molar refractivity (Wildman–Crippen MR) is 95.0 cm³/mol. The van der Waals surface area contributed by atoms with E-state index >= 15 is 0 Å². The van der Waals surface area contributed by atoms with Gasteiger partial charge in [-0.25, -0.2) is 0 Å². The van der Waals surface area contributed by atoms with Gasteiger partial charge in [-0.2, -0.15) is 0 Å². The highest BCUT2D eigenvalue weighted by Crippen LogP contribution is 2.22. The van der Waals surface area contributed by atoms with Crippen LogP contribution in [0, 0.1) is 6.92 Å². The summed E-state index contributed by atoms with van der Waals surface area (Å²) in [7, 11) is 4.03. The molecule has 1 heterocycles. The van der Waals surface area contributed by atoms with E-state index in [-0.39, 0.29) is 11.9 Å². The molecule has 1 aromatic heterocycles. The van der Waals surface area contributed by atoms with Crippen LogP contribution in [-0.2, 0) is 4.79 Å². The molecule has 0 bridgehead atoms. The molecule has 2 rings (SSSR count). The number of benzene rings is 1. The van der Waals surface area contributed by atoms with E-state index in [0.29, 0.717) is 12.3 Å². The second kappa shape index (κ2) is 8.13. The summed E-state index contributed by atoms with van der Waals surface area (Å²) in [6, 6.07) is 12.0. The summed E-state index contributed by atoms with van der Waals surface area (Å²) < 4.78 is 5.69. The van der Waals surface area contributed by atoms with Crippen molar-refractivity contribution in [3.05, 3.63) is 52.2 Å². The normalized spacial score (nSPS) is 13.6. The van der Waals surface area contributed by atoms with E-state index in [2.05, 4.69) is 21.7 Å². The summed E-state index contributed by atoms with van der Waals surface area (Å²) in [4.78, 5) is 15.6. The third kappa shape index (κ3) is 5.08. The number of likely N-dealkylation sites (N-methyl/N-ethyl adjacent to an activating group) is 1. The van der Waals surface area contributed by atoms with Crippen LogP contribution in [0.4, 0.5) is 0 Å². The molecule has 2 atom stereocenters. The maximum atomic E-state index is 12.3. The van der Waals surface area contributed by atoms with Gasteiger partial charge in [0.1, 0.15) is 5.75 Å². The molecule has 0 saturated heterocycles. The summed E-state index contributed by atoms with van der Waals surface area (Å²) >= 11 is 1.70. The molecule has 0 aliphatic heterocycles. The highest BCUT2D eigenvalue weighted by Gasteiger charge is 2.19. The Hall–Kier alpha value is -1.85. The minimum absolute atomic E-state index is 0.103. The lowest BCUT2D eigenvalue weighted by molar-refractivity contribution is -0.127. The molecular formula is C18H24N2O2S. The highest BCUT2D eigenvalue weighted by molar-refractivity contribution is 7.10. The molecule has 0 aliphatic rings. The molecule has 124 valence electrons. The van der Waals surface area contributed by atoms with Crippen LogP contribution in [-0.4, -0.2) is 37.6 Å². The van der Waals surface area contributed by atoms with Crippen LogP contribution in [0.1, 0.15) is 23.4 Å². The molecule has 0 radical (unpaired) electrons. The molecule has 1 aromatic carbocycles. The van der Waals surface area contributed by atoms with Crippen molar-refractivity contribution in [2.24, 2.45) is 0 Å². The predicted octanol–water partition coefficient (Wildman–Crippen LogP) is 3.24. The molecular weight excluding hydrogens is 308 g/mol. The molecule has 23 heavy (non-hydrogen) atoms. The van der Waals surface area contributed by atoms with E-state index < -0.39 is 6.10 Å². The van der Waals surface area contributed by atoms with Crippen LogP contribution in [0.15, 0.2) is 41.8 Å². The molecule has 4 nitrogen and oxygen atoms in total. The number of amides is 1. The average molecular weight is 332 g/mol. The van der Waals surface area contributed by atoms with Crippen molar-refractivity contribution in [3.63, 3.8) is 0 Å². The number of aryl methyl sites for hydroxylation is 1. The average Bonchev–Trinajstić information content (AvgIpc) is 3.03. The quantitative estimate of drug-likeness (QED) is 0.846. The minimum atomic E-state index is -0.524. The highest BCUT2D eigenvalue weighted by atomic mass is 32.1. The third-order valence-corrected chi connectivity index (χ3v) is 4.64. The minimum Gasteiger partial charge on any atom is -0.481 e. The van der Waals surface area contributed by atoms with Crippen LogP contribution in [0.2, 0.25) is 0 Å². The van der Waals surface area contributed by atoms with Crippen molar-refractivity contribution in [3.8, 4) is 5.75 Å². The molecule has 1 amide bonds. The van der Waals surface area contributed by atoms with Crippen LogP contribution >= 0.6 is 11.3 Å². The van der Waals surface area contributed by atoms with Crippen LogP contribution in [0.5, 0.6) is 5.75 Å². The molecule has 0 saturated carbocycles. The van der Waals surface area contributed by atoms with E-state index in [1.807, 2.05) is 51.4 Å². The van der Waals surface area contributed by atoms with Gasteiger partial charge in [-0.05, 0) is 51.5 Å². The summed E-state index contributed by atoms with van der Waals surface area (Å²) in [6.07, 6.45) is -0.524. The Bertz CT molecular complexity index is 608. The van der Waals surface area contributed by atoms with Gasteiger partial charge >= 0.3 is 0 Å². The number of hydrogen-bond acceptors (Lipinski definition) is 4. The Morgan fingerprint density at radius 3 is 2.52 bits per heavy atom. The first-order valence-electron chi connectivity index (χ1n) is 7.68. The molecule has 0 spiro atoms. The fraction of sp³-hybridized carbons (Fsp3) is 0.389. The molecule has 0 fully saturated rings. The SMILES string of the molecule is Cc1ccc(OC(C)C(=O)NCC(c2cccs2)N(C)C)cc1. The van der Waals surface area contributed by atoms with Crippen LogP contribution < -0.4 is 10.1 Å². The first kappa shape index (κ1) is 17.5. The number of nitrogens with zero attached hydrogens (tertiary/aromatic N) is 1. The maximum absolute atomic E-state index is 12.3. The lowest BCUT2D eigenvalue weighted by atomic mass is 10.2. The Kier molecular flexibility index (Phi) is 6.19. The molecule has 1 N–H and O–H groups in total. The lowest BCUT2D eigenvalue weighted by Crippen LogP contribution is -2.40. The molecule has 0 aliphatic carbocycles. The van der Waals surface area contributed by atoms with Crippen molar-refractivity contribution in [2.75, 3.05) is 20.6 Å². The second-order valence-electron chi connectivity index (χ2n) is 5.81. The monoisotopic (exact) mass is 332 g/mol. The zero-order valence-electron chi connectivity index (χ0n) is 14.1. The number of nitrogens with one attached hydrogen (secondary N) is 1. The van der Waals surface area contributed by atoms with Crippen molar-refractivity contribution in [1.29, 1.82) is 0 Å². The first-order chi connectivity index (χ1) is 11.0. The Labute approximate surface area is 142 Å². The fourth-order valence-electron chi connectivity index (χ4n) is 2.23. The van der Waals surface area contributed by atoms with Gasteiger partial charge in [-0.1, -0.05) is 23.8 Å². The number of carbonyl (C=O) groups is 1. The summed E-state index contributed by atoms with van der Waals surface area (Å²) in [6.45, 7) is 4.35. The van der Waals surface area contributed by atoms with Crippen molar-refractivity contribution in [1.82, 2.24) is 10.2 Å². The van der Waals surface area contributed by atoms with E-state index in [9.17, 15) is 4.79 Å². The van der Waals surface area contributed by atoms with Gasteiger partial charge in [0, 0.05) is 11.4 Å². The van der Waals surface area contributed by atoms with Gasteiger partial charge in [0.25, 0.3) is 5.91 Å². The zero-order chi connectivity index (χ0) is 16.8. The topological polar surface area (TPSA) is 41.6 Å². The number of rotatable bonds is 7. The Morgan fingerprint density at radius 2 is 1.96 bits per heavy atom. The molecule has 2 aromatic rings. The van der Waals surface area contributed by atoms with Gasteiger partial charge in [-0.15, -0.1) is 11.3 Å². The van der Waals surface area contributed by atoms with Crippen molar-refractivity contribution < 1.29 is 9.53 Å². The number of ether oxygens (including phenoxy) is 1. The third-order valence-electron chi connectivity index (χ3n) is 3.67. The Balaban J connectivity index is 1.88. The van der Waals surface area contributed by atoms with E-state index in [4.69, 9.17) is 4.74 Å². The standard InChI is InChI=1S/C18H24N2O2S/c1-13-7-9-15(10-8-13)22-14(2)18(21)19-12-16(20(3)4)17-6-5-11-23-17/h5-11,14,16H,12H2,1-4H3,(H,19,21). The Morgan fingerprint density at radius 1 is 1.26 bits per heavy atom. The van der Waals surface area contributed by atoms with Crippen LogP contribution in [0.25, 0.3) is 0 Å². The second-order valence-corrected chi connectivity index (χ2v) is 6.79. The molecule has 5 heteroatoms.